The Morgan fingerprint density at radius 3 is 2.40 bits per heavy atom. The van der Waals surface area contributed by atoms with E-state index >= 15 is 0 Å². The molecule has 0 amide bonds. The molecular weight excluding hydrogens is 344 g/mol. The van der Waals surface area contributed by atoms with Gasteiger partial charge in [0.2, 0.25) is 0 Å². The van der Waals surface area contributed by atoms with Gasteiger partial charge >= 0.3 is 0 Å². The number of nitrogens with zero attached hydrogens (tertiary/aromatic N) is 2. The van der Waals surface area contributed by atoms with Crippen molar-refractivity contribution >= 4 is 17.0 Å². The molecule has 0 bridgehead atoms. The molecule has 3 rings (SSSR count). The van der Waals surface area contributed by atoms with Crippen molar-refractivity contribution in [3.8, 4) is 11.8 Å². The Bertz CT molecular complexity index is 928. The molecule has 0 saturated heterocycles. The number of rotatable bonds is 3. The van der Waals surface area contributed by atoms with Crippen LogP contribution in [0.4, 0.5) is 14.5 Å². The zero-order chi connectivity index (χ0) is 17.6. The molecule has 25 heavy (non-hydrogen) atoms. The Hall–Kier alpha value is -2.95. The fourth-order valence-corrected chi connectivity index (χ4v) is 2.77. The van der Waals surface area contributed by atoms with Gasteiger partial charge in [-0.2, -0.15) is 0 Å². The van der Waals surface area contributed by atoms with Crippen molar-refractivity contribution in [1.82, 2.24) is 9.97 Å². The van der Waals surface area contributed by atoms with Crippen molar-refractivity contribution in [2.45, 2.75) is 4.90 Å². The fourth-order valence-electron chi connectivity index (χ4n) is 1.93. The van der Waals surface area contributed by atoms with Gasteiger partial charge in [0.15, 0.2) is 10.7 Å². The van der Waals surface area contributed by atoms with Crippen molar-refractivity contribution in [1.29, 1.82) is 0 Å². The van der Waals surface area contributed by atoms with E-state index in [1.54, 1.807) is 30.5 Å². The van der Waals surface area contributed by atoms with Crippen LogP contribution in [0.3, 0.4) is 0 Å². The minimum atomic E-state index is -1.73. The van der Waals surface area contributed by atoms with Crippen molar-refractivity contribution < 1.29 is 13.3 Å². The van der Waals surface area contributed by atoms with Gasteiger partial charge in [0.1, 0.15) is 22.9 Å². The van der Waals surface area contributed by atoms with E-state index in [2.05, 4.69) is 26.5 Å². The molecule has 4 nitrogen and oxygen atoms in total. The standard InChI is InChI=1S/C18H11F2N3OS/c19-16-7-8-17(23-25(24)14-4-2-10-22-12-14)18(20)15(16)6-5-13-3-1-9-21-11-13/h1-4,7-12,23H. The molecule has 124 valence electrons. The highest BCUT2D eigenvalue weighted by molar-refractivity contribution is 7.92. The Labute approximate surface area is 146 Å². The Morgan fingerprint density at radius 2 is 1.72 bits per heavy atom. The van der Waals surface area contributed by atoms with Crippen molar-refractivity contribution in [3.63, 3.8) is 0 Å². The SMILES string of the molecule is [O-][S+](Nc1ccc(F)c(C#Cc2cccnc2)c1F)c1cccnc1. The van der Waals surface area contributed by atoms with Crippen LogP contribution in [0.15, 0.2) is 66.1 Å². The normalized spacial score (nSPS) is 11.3. The molecular formula is C18H11F2N3OS. The molecule has 1 aromatic carbocycles. The van der Waals surface area contributed by atoms with E-state index in [4.69, 9.17) is 0 Å². The fraction of sp³-hybridized carbons (Fsp3) is 0. The third-order valence-corrected chi connectivity index (χ3v) is 4.21. The molecule has 7 heteroatoms. The number of pyridine rings is 2. The number of anilines is 1. The predicted octanol–water partition coefficient (Wildman–Crippen LogP) is 3.29. The number of halogens is 2. The molecule has 1 atom stereocenters. The monoisotopic (exact) mass is 355 g/mol. The molecule has 0 spiro atoms. The van der Waals surface area contributed by atoms with E-state index in [-0.39, 0.29) is 5.69 Å². The van der Waals surface area contributed by atoms with E-state index in [9.17, 15) is 13.3 Å². The first kappa shape index (κ1) is 16.9. The number of aromatic nitrogens is 2. The number of hydrogen-bond acceptors (Lipinski definition) is 4. The maximum absolute atomic E-state index is 14.5. The van der Waals surface area contributed by atoms with E-state index in [1.807, 2.05) is 0 Å². The Morgan fingerprint density at radius 1 is 0.960 bits per heavy atom. The molecule has 3 aromatic rings. The maximum atomic E-state index is 14.5. The van der Waals surface area contributed by atoms with Crippen molar-refractivity contribution in [3.05, 3.63) is 83.9 Å². The van der Waals surface area contributed by atoms with Gasteiger partial charge in [-0.1, -0.05) is 11.8 Å². The molecule has 2 heterocycles. The van der Waals surface area contributed by atoms with Crippen molar-refractivity contribution in [2.24, 2.45) is 0 Å². The van der Waals surface area contributed by atoms with Crippen LogP contribution < -0.4 is 4.72 Å². The first-order valence-electron chi connectivity index (χ1n) is 7.13. The third-order valence-electron chi connectivity index (χ3n) is 3.14. The van der Waals surface area contributed by atoms with E-state index < -0.39 is 28.6 Å². The van der Waals surface area contributed by atoms with Gasteiger partial charge in [-0.3, -0.25) is 9.97 Å². The summed E-state index contributed by atoms with van der Waals surface area (Å²) in [6.45, 7) is 0. The molecule has 1 unspecified atom stereocenters. The van der Waals surface area contributed by atoms with Gasteiger partial charge in [-0.25, -0.2) is 13.5 Å². The molecule has 0 aliphatic carbocycles. The summed E-state index contributed by atoms with van der Waals surface area (Å²) < 4.78 is 43.2. The highest BCUT2D eigenvalue weighted by atomic mass is 32.2. The van der Waals surface area contributed by atoms with Gasteiger partial charge < -0.3 is 4.55 Å². The smallest absolute Gasteiger partial charge is 0.198 e. The molecule has 0 aliphatic heterocycles. The van der Waals surface area contributed by atoms with Gasteiger partial charge in [-0.15, -0.1) is 0 Å². The van der Waals surface area contributed by atoms with E-state index in [0.717, 1.165) is 6.07 Å². The van der Waals surface area contributed by atoms with Crippen LogP contribution in [-0.4, -0.2) is 14.5 Å². The first-order chi connectivity index (χ1) is 12.1. The minimum Gasteiger partial charge on any atom is -0.588 e. The zero-order valence-electron chi connectivity index (χ0n) is 12.7. The number of nitrogens with one attached hydrogen (secondary N) is 1. The molecule has 0 saturated carbocycles. The second-order valence-corrected chi connectivity index (χ2v) is 6.05. The maximum Gasteiger partial charge on any atom is 0.198 e. The average molecular weight is 355 g/mol. The lowest BCUT2D eigenvalue weighted by atomic mass is 10.1. The lowest BCUT2D eigenvalue weighted by molar-refractivity contribution is 0.578. The molecule has 1 N–H and O–H groups in total. The van der Waals surface area contributed by atoms with Crippen LogP contribution in [0, 0.1) is 23.5 Å². The Kier molecular flexibility index (Phi) is 5.23. The van der Waals surface area contributed by atoms with Gasteiger partial charge in [0, 0.05) is 24.2 Å². The quantitative estimate of drug-likeness (QED) is 0.579. The molecule has 0 radical (unpaired) electrons. The van der Waals surface area contributed by atoms with Crippen LogP contribution >= 0.6 is 0 Å². The van der Waals surface area contributed by atoms with Crippen LogP contribution in [0.1, 0.15) is 11.1 Å². The van der Waals surface area contributed by atoms with E-state index in [1.165, 1.54) is 24.7 Å². The van der Waals surface area contributed by atoms with E-state index in [0.29, 0.717) is 10.5 Å². The van der Waals surface area contributed by atoms with Crippen LogP contribution in [0.5, 0.6) is 0 Å². The minimum absolute atomic E-state index is 0.112. The molecule has 0 aliphatic rings. The van der Waals surface area contributed by atoms with Gasteiger partial charge in [0.25, 0.3) is 0 Å². The summed E-state index contributed by atoms with van der Waals surface area (Å²) in [7, 11) is 0. The van der Waals surface area contributed by atoms with Crippen LogP contribution in [-0.2, 0) is 11.4 Å². The second kappa shape index (κ2) is 7.75. The summed E-state index contributed by atoms with van der Waals surface area (Å²) in [6, 6.07) is 8.79. The zero-order valence-corrected chi connectivity index (χ0v) is 13.6. The van der Waals surface area contributed by atoms with Gasteiger partial charge in [-0.05, 0) is 36.4 Å². The summed E-state index contributed by atoms with van der Waals surface area (Å²) in [5.74, 6) is 3.40. The van der Waals surface area contributed by atoms with Crippen LogP contribution in [0.2, 0.25) is 0 Å². The highest BCUT2D eigenvalue weighted by Crippen LogP contribution is 2.23. The van der Waals surface area contributed by atoms with Gasteiger partial charge in [0.05, 0.1) is 11.8 Å². The van der Waals surface area contributed by atoms with Crippen LogP contribution in [0.25, 0.3) is 0 Å². The third kappa shape index (κ3) is 4.12. The lowest BCUT2D eigenvalue weighted by Crippen LogP contribution is -2.14. The topological polar surface area (TPSA) is 60.9 Å². The largest absolute Gasteiger partial charge is 0.588 e. The molecule has 0 fully saturated rings. The summed E-state index contributed by atoms with van der Waals surface area (Å²) >= 11 is -1.73. The number of benzene rings is 1. The Balaban J connectivity index is 1.89. The summed E-state index contributed by atoms with van der Waals surface area (Å²) in [4.78, 5) is 8.10. The van der Waals surface area contributed by atoms with Crippen molar-refractivity contribution in [2.75, 3.05) is 4.72 Å². The number of hydrogen-bond donors (Lipinski definition) is 1. The summed E-state index contributed by atoms with van der Waals surface area (Å²) in [5, 5.41) is 0. The first-order valence-corrected chi connectivity index (χ1v) is 8.28. The highest BCUT2D eigenvalue weighted by Gasteiger charge is 2.18. The summed E-state index contributed by atoms with van der Waals surface area (Å²) in [6.07, 6.45) is 5.99. The predicted molar refractivity (Wildman–Crippen MR) is 90.8 cm³/mol. The second-order valence-electron chi connectivity index (χ2n) is 4.84. The average Bonchev–Trinajstić information content (AvgIpc) is 2.65. The molecule has 2 aromatic heterocycles. The lowest BCUT2D eigenvalue weighted by Gasteiger charge is -2.12. The summed E-state index contributed by atoms with van der Waals surface area (Å²) in [5.41, 5.74) is 0.00899.